The Morgan fingerprint density at radius 1 is 1.60 bits per heavy atom. The number of halogens is 1. The van der Waals surface area contributed by atoms with Gasteiger partial charge in [0, 0.05) is 10.7 Å². The number of ether oxygens (including phenoxy) is 1. The SMILES string of the molecule is COC(=O)[C@H]1CN=Cc2ccc(Br)cc21. The predicted molar refractivity (Wildman–Crippen MR) is 61.4 cm³/mol. The Morgan fingerprint density at radius 3 is 3.13 bits per heavy atom. The Labute approximate surface area is 96.3 Å². The minimum Gasteiger partial charge on any atom is -0.468 e. The lowest BCUT2D eigenvalue weighted by atomic mass is 9.93. The summed E-state index contributed by atoms with van der Waals surface area (Å²) in [7, 11) is 1.40. The highest BCUT2D eigenvalue weighted by molar-refractivity contribution is 9.10. The molecule has 0 saturated carbocycles. The molecule has 0 unspecified atom stereocenters. The first kappa shape index (κ1) is 10.4. The van der Waals surface area contributed by atoms with Gasteiger partial charge in [-0.05, 0) is 23.3 Å². The summed E-state index contributed by atoms with van der Waals surface area (Å²) in [5.74, 6) is -0.501. The van der Waals surface area contributed by atoms with Crippen LogP contribution in [0.2, 0.25) is 0 Å². The van der Waals surface area contributed by atoms with Crippen LogP contribution in [0.5, 0.6) is 0 Å². The zero-order chi connectivity index (χ0) is 10.8. The number of esters is 1. The summed E-state index contributed by atoms with van der Waals surface area (Å²) >= 11 is 3.39. The predicted octanol–water partition coefficient (Wildman–Crippen LogP) is 2.14. The first-order chi connectivity index (χ1) is 7.22. The Balaban J connectivity index is 2.45. The molecule has 0 aliphatic carbocycles. The van der Waals surface area contributed by atoms with Crippen LogP contribution in [0.15, 0.2) is 27.7 Å². The van der Waals surface area contributed by atoms with Gasteiger partial charge in [-0.15, -0.1) is 0 Å². The van der Waals surface area contributed by atoms with Gasteiger partial charge in [-0.25, -0.2) is 0 Å². The lowest BCUT2D eigenvalue weighted by Crippen LogP contribution is -2.21. The van der Waals surface area contributed by atoms with Crippen LogP contribution in [0.3, 0.4) is 0 Å². The number of rotatable bonds is 1. The van der Waals surface area contributed by atoms with Crippen molar-refractivity contribution in [3.05, 3.63) is 33.8 Å². The summed E-state index contributed by atoms with van der Waals surface area (Å²) < 4.78 is 5.72. The third-order valence-corrected chi connectivity index (χ3v) is 2.92. The molecule has 0 N–H and O–H groups in total. The van der Waals surface area contributed by atoms with Crippen LogP contribution >= 0.6 is 15.9 Å². The van der Waals surface area contributed by atoms with E-state index in [9.17, 15) is 4.79 Å². The van der Waals surface area contributed by atoms with Gasteiger partial charge in [-0.2, -0.15) is 0 Å². The summed E-state index contributed by atoms with van der Waals surface area (Å²) in [4.78, 5) is 15.7. The summed E-state index contributed by atoms with van der Waals surface area (Å²) in [6.45, 7) is 0.468. The number of benzene rings is 1. The molecule has 2 rings (SSSR count). The van der Waals surface area contributed by atoms with Gasteiger partial charge in [0.2, 0.25) is 0 Å². The van der Waals surface area contributed by atoms with Gasteiger partial charge in [0.1, 0.15) is 5.92 Å². The molecule has 0 bridgehead atoms. The van der Waals surface area contributed by atoms with Crippen molar-refractivity contribution in [2.45, 2.75) is 5.92 Å². The molecule has 1 aromatic rings. The molecule has 0 radical (unpaired) electrons. The van der Waals surface area contributed by atoms with E-state index in [4.69, 9.17) is 4.74 Å². The number of fused-ring (bicyclic) bond motifs is 1. The minimum atomic E-state index is -0.271. The van der Waals surface area contributed by atoms with E-state index in [1.165, 1.54) is 7.11 Å². The van der Waals surface area contributed by atoms with Crippen LogP contribution in [0.1, 0.15) is 17.0 Å². The van der Waals surface area contributed by atoms with Crippen LogP contribution in [-0.4, -0.2) is 25.8 Å². The molecule has 78 valence electrons. The molecule has 0 spiro atoms. The van der Waals surface area contributed by atoms with E-state index in [1.54, 1.807) is 6.21 Å². The molecule has 0 aromatic heterocycles. The lowest BCUT2D eigenvalue weighted by molar-refractivity contribution is -0.142. The van der Waals surface area contributed by atoms with Crippen molar-refractivity contribution in [3.63, 3.8) is 0 Å². The second-order valence-electron chi connectivity index (χ2n) is 3.34. The van der Waals surface area contributed by atoms with Gasteiger partial charge >= 0.3 is 5.97 Å². The van der Waals surface area contributed by atoms with E-state index >= 15 is 0 Å². The van der Waals surface area contributed by atoms with Crippen LogP contribution in [0, 0.1) is 0 Å². The summed E-state index contributed by atoms with van der Waals surface area (Å²) in [5.41, 5.74) is 1.96. The van der Waals surface area contributed by atoms with Gasteiger partial charge in [0.25, 0.3) is 0 Å². The van der Waals surface area contributed by atoms with Gasteiger partial charge in [-0.3, -0.25) is 9.79 Å². The first-order valence-corrected chi connectivity index (χ1v) is 5.39. The van der Waals surface area contributed by atoms with Gasteiger partial charge in [0.05, 0.1) is 13.7 Å². The second kappa shape index (κ2) is 4.14. The van der Waals surface area contributed by atoms with Crippen LogP contribution in [0.25, 0.3) is 0 Å². The quantitative estimate of drug-likeness (QED) is 0.732. The molecule has 0 fully saturated rings. The van der Waals surface area contributed by atoms with Crippen LogP contribution < -0.4 is 0 Å². The van der Waals surface area contributed by atoms with Crippen molar-refractivity contribution in [2.24, 2.45) is 4.99 Å². The summed E-state index contributed by atoms with van der Waals surface area (Å²) in [6.07, 6.45) is 1.79. The molecule has 0 saturated heterocycles. The maximum atomic E-state index is 11.5. The second-order valence-corrected chi connectivity index (χ2v) is 4.26. The fraction of sp³-hybridized carbons (Fsp3) is 0.273. The van der Waals surface area contributed by atoms with Gasteiger partial charge in [0.15, 0.2) is 0 Å². The van der Waals surface area contributed by atoms with Crippen molar-refractivity contribution in [2.75, 3.05) is 13.7 Å². The largest absolute Gasteiger partial charge is 0.468 e. The van der Waals surface area contributed by atoms with E-state index in [0.717, 1.165) is 15.6 Å². The fourth-order valence-electron chi connectivity index (χ4n) is 1.66. The van der Waals surface area contributed by atoms with Crippen LogP contribution in [-0.2, 0) is 9.53 Å². The van der Waals surface area contributed by atoms with E-state index in [2.05, 4.69) is 20.9 Å². The van der Waals surface area contributed by atoms with Crippen molar-refractivity contribution in [3.8, 4) is 0 Å². The van der Waals surface area contributed by atoms with Gasteiger partial charge < -0.3 is 4.74 Å². The molecule has 1 aromatic carbocycles. The molecule has 15 heavy (non-hydrogen) atoms. The van der Waals surface area contributed by atoms with Crippen molar-refractivity contribution >= 4 is 28.1 Å². The average molecular weight is 268 g/mol. The highest BCUT2D eigenvalue weighted by Gasteiger charge is 2.25. The van der Waals surface area contributed by atoms with Gasteiger partial charge in [-0.1, -0.05) is 22.0 Å². The molecule has 1 atom stereocenters. The third-order valence-electron chi connectivity index (χ3n) is 2.43. The topological polar surface area (TPSA) is 38.7 Å². The Hall–Kier alpha value is -1.16. The molecular formula is C11H10BrNO2. The van der Waals surface area contributed by atoms with Crippen molar-refractivity contribution in [1.82, 2.24) is 0 Å². The van der Waals surface area contributed by atoms with E-state index in [0.29, 0.717) is 6.54 Å². The third kappa shape index (κ3) is 1.95. The molecule has 1 heterocycles. The standard InChI is InChI=1S/C11H10BrNO2/c1-15-11(14)10-6-13-5-7-2-3-8(12)4-9(7)10/h2-5,10H,6H2,1H3/t10-/m0/s1. The first-order valence-electron chi connectivity index (χ1n) is 4.59. The normalized spacial score (nSPS) is 18.4. The molecule has 3 nitrogen and oxygen atoms in total. The number of aliphatic imine (C=N–C) groups is 1. The molecule has 1 aliphatic rings. The molecular weight excluding hydrogens is 258 g/mol. The van der Waals surface area contributed by atoms with E-state index in [-0.39, 0.29) is 11.9 Å². The Morgan fingerprint density at radius 2 is 2.40 bits per heavy atom. The summed E-state index contributed by atoms with van der Waals surface area (Å²) in [6, 6.07) is 5.82. The van der Waals surface area contributed by atoms with Crippen molar-refractivity contribution < 1.29 is 9.53 Å². The number of carbonyl (C=O) groups excluding carboxylic acids is 1. The van der Waals surface area contributed by atoms with Crippen molar-refractivity contribution in [1.29, 1.82) is 0 Å². The minimum absolute atomic E-state index is 0.230. The fourth-order valence-corrected chi connectivity index (χ4v) is 2.04. The molecule has 0 amide bonds. The number of methoxy groups -OCH3 is 1. The number of carbonyl (C=O) groups is 1. The Kier molecular flexibility index (Phi) is 2.86. The molecule has 4 heteroatoms. The van der Waals surface area contributed by atoms with E-state index < -0.39 is 0 Å². The lowest BCUT2D eigenvalue weighted by Gasteiger charge is -2.19. The maximum absolute atomic E-state index is 11.5. The highest BCUT2D eigenvalue weighted by atomic mass is 79.9. The monoisotopic (exact) mass is 267 g/mol. The average Bonchev–Trinajstić information content (AvgIpc) is 2.27. The zero-order valence-electron chi connectivity index (χ0n) is 8.24. The number of nitrogens with zero attached hydrogens (tertiary/aromatic N) is 1. The number of hydrogen-bond acceptors (Lipinski definition) is 3. The molecule has 1 aliphatic heterocycles. The Bertz CT molecular complexity index is 429. The summed E-state index contributed by atoms with van der Waals surface area (Å²) in [5, 5.41) is 0. The smallest absolute Gasteiger partial charge is 0.315 e. The highest BCUT2D eigenvalue weighted by Crippen LogP contribution is 2.27. The van der Waals surface area contributed by atoms with Crippen LogP contribution in [0.4, 0.5) is 0 Å². The number of hydrogen-bond donors (Lipinski definition) is 0. The zero-order valence-corrected chi connectivity index (χ0v) is 9.82. The maximum Gasteiger partial charge on any atom is 0.315 e. The van der Waals surface area contributed by atoms with E-state index in [1.807, 2.05) is 18.2 Å².